The number of nitrogens with zero attached hydrogens (tertiary/aromatic N) is 1. The molecule has 0 bridgehead atoms. The number of benzene rings is 1. The van der Waals surface area contributed by atoms with Crippen molar-refractivity contribution in [1.82, 2.24) is 10.6 Å². The van der Waals surface area contributed by atoms with Gasteiger partial charge in [0.15, 0.2) is 5.96 Å². The van der Waals surface area contributed by atoms with Crippen LogP contribution in [0, 0.1) is 6.92 Å². The van der Waals surface area contributed by atoms with Crippen molar-refractivity contribution < 1.29 is 0 Å². The van der Waals surface area contributed by atoms with Crippen molar-refractivity contribution in [2.75, 3.05) is 14.1 Å². The highest BCUT2D eigenvalue weighted by Gasteiger charge is 2.02. The van der Waals surface area contributed by atoms with Crippen LogP contribution in [0.2, 0.25) is 0 Å². The lowest BCUT2D eigenvalue weighted by Crippen LogP contribution is -2.34. The SMILES string of the molecule is CN=C(NC)NCc1cccc(C)c1Br. The van der Waals surface area contributed by atoms with Crippen molar-refractivity contribution >= 4 is 21.9 Å². The van der Waals surface area contributed by atoms with Crippen molar-refractivity contribution in [2.45, 2.75) is 13.5 Å². The first-order valence-corrected chi connectivity index (χ1v) is 5.60. The lowest BCUT2D eigenvalue weighted by molar-refractivity contribution is 0.861. The van der Waals surface area contributed by atoms with Crippen LogP contribution in [0.4, 0.5) is 0 Å². The van der Waals surface area contributed by atoms with Crippen LogP contribution >= 0.6 is 15.9 Å². The van der Waals surface area contributed by atoms with Crippen LogP contribution in [-0.2, 0) is 6.54 Å². The van der Waals surface area contributed by atoms with E-state index in [1.165, 1.54) is 11.1 Å². The second kappa shape index (κ2) is 5.75. The number of rotatable bonds is 2. The molecule has 1 aromatic carbocycles. The van der Waals surface area contributed by atoms with Gasteiger partial charge in [-0.2, -0.15) is 0 Å². The van der Waals surface area contributed by atoms with Crippen molar-refractivity contribution in [3.63, 3.8) is 0 Å². The van der Waals surface area contributed by atoms with Crippen molar-refractivity contribution in [2.24, 2.45) is 4.99 Å². The Hall–Kier alpha value is -1.03. The Morgan fingerprint density at radius 1 is 1.47 bits per heavy atom. The largest absolute Gasteiger partial charge is 0.359 e. The summed E-state index contributed by atoms with van der Waals surface area (Å²) in [6.45, 7) is 2.84. The maximum Gasteiger partial charge on any atom is 0.190 e. The van der Waals surface area contributed by atoms with E-state index in [1.807, 2.05) is 7.05 Å². The fourth-order valence-electron chi connectivity index (χ4n) is 1.30. The number of guanidine groups is 1. The first-order chi connectivity index (χ1) is 7.19. The van der Waals surface area contributed by atoms with Gasteiger partial charge in [-0.15, -0.1) is 0 Å². The van der Waals surface area contributed by atoms with E-state index in [1.54, 1.807) is 7.05 Å². The number of hydrogen-bond acceptors (Lipinski definition) is 1. The lowest BCUT2D eigenvalue weighted by atomic mass is 10.1. The third kappa shape index (κ3) is 3.23. The van der Waals surface area contributed by atoms with Crippen LogP contribution in [0.3, 0.4) is 0 Å². The highest BCUT2D eigenvalue weighted by molar-refractivity contribution is 9.10. The molecular weight excluding hydrogens is 254 g/mol. The zero-order valence-electron chi connectivity index (χ0n) is 9.26. The van der Waals surface area contributed by atoms with Crippen molar-refractivity contribution in [3.05, 3.63) is 33.8 Å². The Balaban J connectivity index is 2.69. The van der Waals surface area contributed by atoms with E-state index in [0.29, 0.717) is 0 Å². The van der Waals surface area contributed by atoms with Gasteiger partial charge in [-0.25, -0.2) is 0 Å². The van der Waals surface area contributed by atoms with Gasteiger partial charge in [-0.3, -0.25) is 4.99 Å². The Kier molecular flexibility index (Phi) is 4.62. The van der Waals surface area contributed by atoms with Crippen LogP contribution in [-0.4, -0.2) is 20.1 Å². The minimum atomic E-state index is 0.760. The van der Waals surface area contributed by atoms with E-state index in [0.717, 1.165) is 17.0 Å². The summed E-state index contributed by atoms with van der Waals surface area (Å²) in [7, 11) is 3.60. The Morgan fingerprint density at radius 2 is 2.20 bits per heavy atom. The molecule has 0 aliphatic heterocycles. The molecule has 0 heterocycles. The molecule has 82 valence electrons. The monoisotopic (exact) mass is 269 g/mol. The minimum absolute atomic E-state index is 0.760. The highest BCUT2D eigenvalue weighted by Crippen LogP contribution is 2.20. The third-order valence-corrected chi connectivity index (χ3v) is 3.31. The smallest absolute Gasteiger partial charge is 0.190 e. The van der Waals surface area contributed by atoms with E-state index in [-0.39, 0.29) is 0 Å². The van der Waals surface area contributed by atoms with Crippen LogP contribution in [0.15, 0.2) is 27.7 Å². The molecule has 0 amide bonds. The number of nitrogens with one attached hydrogen (secondary N) is 2. The quantitative estimate of drug-likeness (QED) is 0.637. The fourth-order valence-corrected chi connectivity index (χ4v) is 1.71. The summed E-state index contributed by atoms with van der Waals surface area (Å²) in [5.74, 6) is 0.795. The zero-order valence-corrected chi connectivity index (χ0v) is 10.9. The first kappa shape index (κ1) is 12.0. The Labute approximate surface area is 99.1 Å². The Morgan fingerprint density at radius 3 is 2.80 bits per heavy atom. The second-order valence-electron chi connectivity index (χ2n) is 3.22. The molecule has 2 N–H and O–H groups in total. The second-order valence-corrected chi connectivity index (χ2v) is 4.02. The van der Waals surface area contributed by atoms with Crippen molar-refractivity contribution in [3.8, 4) is 0 Å². The van der Waals surface area contributed by atoms with Gasteiger partial charge < -0.3 is 10.6 Å². The van der Waals surface area contributed by atoms with Gasteiger partial charge in [0.25, 0.3) is 0 Å². The molecule has 0 radical (unpaired) electrons. The van der Waals surface area contributed by atoms with Crippen LogP contribution < -0.4 is 10.6 Å². The normalized spacial score (nSPS) is 11.3. The van der Waals surface area contributed by atoms with Gasteiger partial charge in [-0.1, -0.05) is 34.1 Å². The summed E-state index contributed by atoms with van der Waals surface area (Å²) in [4.78, 5) is 4.05. The van der Waals surface area contributed by atoms with Crippen LogP contribution in [0.5, 0.6) is 0 Å². The van der Waals surface area contributed by atoms with E-state index < -0.39 is 0 Å². The minimum Gasteiger partial charge on any atom is -0.359 e. The molecule has 0 unspecified atom stereocenters. The first-order valence-electron chi connectivity index (χ1n) is 4.81. The van der Waals surface area contributed by atoms with Crippen LogP contribution in [0.1, 0.15) is 11.1 Å². The molecule has 0 aromatic heterocycles. The predicted octanol–water partition coefficient (Wildman–Crippen LogP) is 2.05. The summed E-state index contributed by atoms with van der Waals surface area (Å²) in [6, 6.07) is 6.23. The van der Waals surface area contributed by atoms with Gasteiger partial charge in [0.2, 0.25) is 0 Å². The lowest BCUT2D eigenvalue weighted by Gasteiger charge is -2.10. The molecule has 15 heavy (non-hydrogen) atoms. The summed E-state index contributed by atoms with van der Waals surface area (Å²) in [6.07, 6.45) is 0. The van der Waals surface area contributed by atoms with E-state index in [9.17, 15) is 0 Å². The molecular formula is C11H16BrN3. The molecule has 0 aliphatic rings. The molecule has 1 aromatic rings. The summed E-state index contributed by atoms with van der Waals surface area (Å²) < 4.78 is 1.16. The summed E-state index contributed by atoms with van der Waals surface area (Å²) in [5.41, 5.74) is 2.47. The van der Waals surface area contributed by atoms with E-state index in [4.69, 9.17) is 0 Å². The molecule has 0 saturated carbocycles. The van der Waals surface area contributed by atoms with Gasteiger partial charge >= 0.3 is 0 Å². The average Bonchev–Trinajstić information content (AvgIpc) is 2.25. The third-order valence-electron chi connectivity index (χ3n) is 2.18. The fraction of sp³-hybridized carbons (Fsp3) is 0.364. The maximum atomic E-state index is 4.05. The van der Waals surface area contributed by atoms with Crippen LogP contribution in [0.25, 0.3) is 0 Å². The standard InChI is InChI=1S/C11H16BrN3/c1-8-5-4-6-9(10(8)12)7-15-11(13-2)14-3/h4-6H,7H2,1-3H3,(H2,13,14,15). The molecule has 0 saturated heterocycles. The average molecular weight is 270 g/mol. The molecule has 0 fully saturated rings. The van der Waals surface area contributed by atoms with Gasteiger partial charge in [0.1, 0.15) is 0 Å². The maximum absolute atomic E-state index is 4.05. The van der Waals surface area contributed by atoms with Gasteiger partial charge in [0, 0.05) is 25.1 Å². The summed E-state index contributed by atoms with van der Waals surface area (Å²) >= 11 is 3.57. The molecule has 1 rings (SSSR count). The highest BCUT2D eigenvalue weighted by atomic mass is 79.9. The predicted molar refractivity (Wildman–Crippen MR) is 68.1 cm³/mol. The molecule has 0 aliphatic carbocycles. The van der Waals surface area contributed by atoms with Gasteiger partial charge in [-0.05, 0) is 18.1 Å². The number of aliphatic imine (C=N–C) groups is 1. The van der Waals surface area contributed by atoms with E-state index in [2.05, 4.69) is 56.7 Å². The molecule has 4 heteroatoms. The molecule has 3 nitrogen and oxygen atoms in total. The van der Waals surface area contributed by atoms with Gasteiger partial charge in [0.05, 0.1) is 0 Å². The zero-order chi connectivity index (χ0) is 11.3. The van der Waals surface area contributed by atoms with E-state index >= 15 is 0 Å². The molecule has 0 spiro atoms. The number of halogens is 1. The van der Waals surface area contributed by atoms with Crippen molar-refractivity contribution in [1.29, 1.82) is 0 Å². The Bertz CT molecular complexity index is 361. The number of hydrogen-bond donors (Lipinski definition) is 2. The topological polar surface area (TPSA) is 36.4 Å². The summed E-state index contributed by atoms with van der Waals surface area (Å²) in [5, 5.41) is 6.19. The molecule has 0 atom stereocenters. The number of aryl methyl sites for hydroxylation is 1.